The van der Waals surface area contributed by atoms with Gasteiger partial charge < -0.3 is 11.1 Å². The van der Waals surface area contributed by atoms with Crippen LogP contribution in [0.3, 0.4) is 0 Å². The smallest absolute Gasteiger partial charge is 0.268 e. The van der Waals surface area contributed by atoms with Gasteiger partial charge in [0.25, 0.3) is 11.8 Å². The minimum absolute atomic E-state index is 0.261. The fraction of sp³-hybridized carbons (Fsp3) is 0.182. The molecule has 5 nitrogen and oxygen atoms in total. The van der Waals surface area contributed by atoms with E-state index in [1.807, 2.05) is 6.92 Å². The van der Waals surface area contributed by atoms with Crippen LogP contribution in [-0.4, -0.2) is 16.8 Å². The zero-order valence-corrected chi connectivity index (χ0v) is 11.4. The van der Waals surface area contributed by atoms with Crippen molar-refractivity contribution in [3.8, 4) is 0 Å². The number of aryl methyl sites for hydroxylation is 2. The van der Waals surface area contributed by atoms with E-state index >= 15 is 0 Å². The third kappa shape index (κ3) is 2.41. The second kappa shape index (κ2) is 4.87. The SMILES string of the molecule is Cc1nc(C)c(C(=O)Nc2sccc2C(N)=O)s1. The minimum Gasteiger partial charge on any atom is -0.366 e. The first kappa shape index (κ1) is 12.7. The molecule has 0 fully saturated rings. The first-order valence-electron chi connectivity index (χ1n) is 5.11. The Hall–Kier alpha value is -1.73. The van der Waals surface area contributed by atoms with E-state index in [-0.39, 0.29) is 5.91 Å². The number of carbonyl (C=O) groups is 2. The molecule has 0 aromatic carbocycles. The van der Waals surface area contributed by atoms with Crippen LogP contribution in [0, 0.1) is 13.8 Å². The number of hydrogen-bond acceptors (Lipinski definition) is 5. The quantitative estimate of drug-likeness (QED) is 0.904. The monoisotopic (exact) mass is 281 g/mol. The standard InChI is InChI=1S/C11H11N3O2S2/c1-5-8(18-6(2)13-5)10(16)14-11-7(9(12)15)3-4-17-11/h3-4H,1-2H3,(H2,12,15)(H,14,16). The molecule has 0 aliphatic carbocycles. The summed E-state index contributed by atoms with van der Waals surface area (Å²) in [4.78, 5) is 27.9. The molecule has 0 radical (unpaired) electrons. The molecule has 94 valence electrons. The predicted molar refractivity (Wildman–Crippen MR) is 72.4 cm³/mol. The molecular weight excluding hydrogens is 270 g/mol. The van der Waals surface area contributed by atoms with Gasteiger partial charge in [-0.05, 0) is 25.3 Å². The van der Waals surface area contributed by atoms with Gasteiger partial charge in [0.05, 0.1) is 16.3 Å². The number of thiazole rings is 1. The highest BCUT2D eigenvalue weighted by Crippen LogP contribution is 2.25. The summed E-state index contributed by atoms with van der Waals surface area (Å²) in [7, 11) is 0. The first-order valence-corrected chi connectivity index (χ1v) is 6.81. The van der Waals surface area contributed by atoms with Crippen molar-refractivity contribution in [1.29, 1.82) is 0 Å². The fourth-order valence-electron chi connectivity index (χ4n) is 1.50. The van der Waals surface area contributed by atoms with E-state index in [1.54, 1.807) is 18.4 Å². The Kier molecular flexibility index (Phi) is 3.44. The second-order valence-corrected chi connectivity index (χ2v) is 5.75. The number of primary amides is 1. The number of anilines is 1. The van der Waals surface area contributed by atoms with Crippen LogP contribution in [-0.2, 0) is 0 Å². The number of hydrogen-bond donors (Lipinski definition) is 2. The number of nitrogens with one attached hydrogen (secondary N) is 1. The topological polar surface area (TPSA) is 85.1 Å². The van der Waals surface area contributed by atoms with Gasteiger partial charge in [-0.3, -0.25) is 9.59 Å². The summed E-state index contributed by atoms with van der Waals surface area (Å²) in [6, 6.07) is 1.59. The highest BCUT2D eigenvalue weighted by Gasteiger charge is 2.17. The van der Waals surface area contributed by atoms with Gasteiger partial charge in [-0.25, -0.2) is 4.98 Å². The molecule has 0 aliphatic rings. The van der Waals surface area contributed by atoms with E-state index in [0.717, 1.165) is 5.01 Å². The number of nitrogens with zero attached hydrogens (tertiary/aromatic N) is 1. The van der Waals surface area contributed by atoms with E-state index in [9.17, 15) is 9.59 Å². The number of nitrogens with two attached hydrogens (primary N) is 1. The Labute approximate surface area is 112 Å². The number of rotatable bonds is 3. The molecule has 18 heavy (non-hydrogen) atoms. The van der Waals surface area contributed by atoms with Gasteiger partial charge in [0.15, 0.2) is 0 Å². The van der Waals surface area contributed by atoms with E-state index in [0.29, 0.717) is 21.1 Å². The van der Waals surface area contributed by atoms with Crippen LogP contribution in [0.25, 0.3) is 0 Å². The Morgan fingerprint density at radius 2 is 2.11 bits per heavy atom. The van der Waals surface area contributed by atoms with Crippen molar-refractivity contribution in [2.75, 3.05) is 5.32 Å². The lowest BCUT2D eigenvalue weighted by molar-refractivity contribution is 0.100. The maximum atomic E-state index is 12.0. The van der Waals surface area contributed by atoms with Gasteiger partial charge in [-0.1, -0.05) is 0 Å². The number of aromatic nitrogens is 1. The molecule has 0 bridgehead atoms. The van der Waals surface area contributed by atoms with Crippen molar-refractivity contribution < 1.29 is 9.59 Å². The molecule has 2 rings (SSSR count). The molecule has 2 heterocycles. The molecule has 2 aromatic rings. The summed E-state index contributed by atoms with van der Waals surface area (Å²) in [6.45, 7) is 3.62. The van der Waals surface area contributed by atoms with Gasteiger partial charge in [0, 0.05) is 0 Å². The molecule has 0 unspecified atom stereocenters. The third-order valence-corrected chi connectivity index (χ3v) is 4.17. The molecule has 2 amide bonds. The molecule has 0 aliphatic heterocycles. The summed E-state index contributed by atoms with van der Waals surface area (Å²) in [5.74, 6) is -0.813. The molecule has 0 atom stereocenters. The van der Waals surface area contributed by atoms with Gasteiger partial charge in [0.2, 0.25) is 0 Å². The molecule has 7 heteroatoms. The van der Waals surface area contributed by atoms with Gasteiger partial charge in [-0.15, -0.1) is 22.7 Å². The molecule has 2 aromatic heterocycles. The van der Waals surface area contributed by atoms with Crippen LogP contribution in [0.2, 0.25) is 0 Å². The van der Waals surface area contributed by atoms with Crippen LogP contribution in [0.15, 0.2) is 11.4 Å². The third-order valence-electron chi connectivity index (χ3n) is 2.27. The highest BCUT2D eigenvalue weighted by molar-refractivity contribution is 7.15. The first-order chi connectivity index (χ1) is 8.49. The van der Waals surface area contributed by atoms with Crippen LogP contribution in [0.5, 0.6) is 0 Å². The maximum Gasteiger partial charge on any atom is 0.268 e. The Bertz CT molecular complexity index is 616. The van der Waals surface area contributed by atoms with Crippen LogP contribution in [0.4, 0.5) is 5.00 Å². The van der Waals surface area contributed by atoms with E-state index in [4.69, 9.17) is 5.73 Å². The fourth-order valence-corrected chi connectivity index (χ4v) is 3.10. The van der Waals surface area contributed by atoms with Crippen LogP contribution in [0.1, 0.15) is 30.7 Å². The average Bonchev–Trinajstić information content (AvgIpc) is 2.85. The Morgan fingerprint density at radius 3 is 2.67 bits per heavy atom. The molecule has 0 saturated heterocycles. The lowest BCUT2D eigenvalue weighted by Gasteiger charge is -2.02. The molecule has 3 N–H and O–H groups in total. The Balaban J connectivity index is 2.24. The number of thiophene rings is 1. The maximum absolute atomic E-state index is 12.0. The largest absolute Gasteiger partial charge is 0.366 e. The second-order valence-electron chi connectivity index (χ2n) is 3.63. The Morgan fingerprint density at radius 1 is 1.39 bits per heavy atom. The van der Waals surface area contributed by atoms with E-state index in [1.165, 1.54) is 22.7 Å². The van der Waals surface area contributed by atoms with Crippen LogP contribution < -0.4 is 11.1 Å². The highest BCUT2D eigenvalue weighted by atomic mass is 32.1. The summed E-state index contributed by atoms with van der Waals surface area (Å²) in [6.07, 6.45) is 0. The van der Waals surface area contributed by atoms with Gasteiger partial charge >= 0.3 is 0 Å². The van der Waals surface area contributed by atoms with Crippen molar-refractivity contribution in [3.05, 3.63) is 32.6 Å². The lowest BCUT2D eigenvalue weighted by atomic mass is 10.3. The summed E-state index contributed by atoms with van der Waals surface area (Å²) in [5.41, 5.74) is 6.23. The van der Waals surface area contributed by atoms with Crippen molar-refractivity contribution in [3.63, 3.8) is 0 Å². The van der Waals surface area contributed by atoms with Crippen molar-refractivity contribution in [1.82, 2.24) is 4.98 Å². The summed E-state index contributed by atoms with van der Waals surface area (Å²) >= 11 is 2.59. The van der Waals surface area contributed by atoms with Crippen molar-refractivity contribution in [2.45, 2.75) is 13.8 Å². The van der Waals surface area contributed by atoms with E-state index < -0.39 is 5.91 Å². The van der Waals surface area contributed by atoms with Crippen LogP contribution >= 0.6 is 22.7 Å². The van der Waals surface area contributed by atoms with Crippen molar-refractivity contribution >= 4 is 39.5 Å². The number of amides is 2. The molecular formula is C11H11N3O2S2. The van der Waals surface area contributed by atoms with Gasteiger partial charge in [0.1, 0.15) is 9.88 Å². The zero-order chi connectivity index (χ0) is 13.3. The minimum atomic E-state index is -0.552. The average molecular weight is 281 g/mol. The summed E-state index contributed by atoms with van der Waals surface area (Å²) in [5, 5.41) is 5.70. The van der Waals surface area contributed by atoms with Crippen molar-refractivity contribution in [2.24, 2.45) is 5.73 Å². The number of carbonyl (C=O) groups excluding carboxylic acids is 2. The molecule has 0 saturated carbocycles. The lowest BCUT2D eigenvalue weighted by Crippen LogP contribution is -2.16. The van der Waals surface area contributed by atoms with Gasteiger partial charge in [-0.2, -0.15) is 0 Å². The molecule has 0 spiro atoms. The predicted octanol–water partition coefficient (Wildman–Crippen LogP) is 2.17. The summed E-state index contributed by atoms with van der Waals surface area (Å²) < 4.78 is 0. The normalized spacial score (nSPS) is 10.3. The zero-order valence-electron chi connectivity index (χ0n) is 9.81. The van der Waals surface area contributed by atoms with E-state index in [2.05, 4.69) is 10.3 Å².